The van der Waals surface area contributed by atoms with Crippen LogP contribution in [0, 0.1) is 6.92 Å². The highest BCUT2D eigenvalue weighted by molar-refractivity contribution is 5.68. The number of benzene rings is 1. The molecular weight excluding hydrogens is 426 g/mol. The van der Waals surface area contributed by atoms with Gasteiger partial charge in [-0.2, -0.15) is 0 Å². The Morgan fingerprint density at radius 3 is 2.44 bits per heavy atom. The van der Waals surface area contributed by atoms with Crippen LogP contribution in [0.2, 0.25) is 0 Å². The Balaban J connectivity index is 1.49. The Hall–Kier alpha value is -2.41. The van der Waals surface area contributed by atoms with E-state index in [9.17, 15) is 4.79 Å². The number of fused-ring (bicyclic) bond motifs is 2. The van der Waals surface area contributed by atoms with E-state index in [0.717, 1.165) is 37.8 Å². The topological polar surface area (TPSA) is 72.3 Å². The molecule has 1 aromatic carbocycles. The van der Waals surface area contributed by atoms with Crippen molar-refractivity contribution in [2.24, 2.45) is 0 Å². The Morgan fingerprint density at radius 2 is 1.82 bits per heavy atom. The van der Waals surface area contributed by atoms with E-state index in [4.69, 9.17) is 13.0 Å². The minimum absolute atomic E-state index is 0.0288. The van der Waals surface area contributed by atoms with Gasteiger partial charge in [0, 0.05) is 38.8 Å². The zero-order chi connectivity index (χ0) is 29.5. The molecule has 2 aliphatic rings. The Labute approximate surface area is 212 Å². The second-order valence-corrected chi connectivity index (χ2v) is 10.6. The Morgan fingerprint density at radius 1 is 1.15 bits per heavy atom. The maximum absolute atomic E-state index is 12.6. The fourth-order valence-electron chi connectivity index (χ4n) is 5.59. The second-order valence-electron chi connectivity index (χ2n) is 10.6. The number of hydrogen-bond donors (Lipinski definition) is 1. The first-order chi connectivity index (χ1) is 18.5. The van der Waals surface area contributed by atoms with E-state index in [1.165, 1.54) is 0 Å². The first-order valence-electron chi connectivity index (χ1n) is 15.3. The van der Waals surface area contributed by atoms with Crippen molar-refractivity contribution >= 4 is 6.09 Å². The molecule has 0 spiro atoms. The molecule has 2 aromatic rings. The average molecular weight is 474 g/mol. The third kappa shape index (κ3) is 5.62. The molecule has 2 aliphatic heterocycles. The quantitative estimate of drug-likeness (QED) is 0.572. The number of aryl methyl sites for hydroxylation is 1. The third-order valence-electron chi connectivity index (χ3n) is 6.94. The van der Waals surface area contributed by atoms with Gasteiger partial charge in [0.15, 0.2) is 0 Å². The van der Waals surface area contributed by atoms with Crippen molar-refractivity contribution in [1.29, 1.82) is 0 Å². The van der Waals surface area contributed by atoms with Crippen molar-refractivity contribution in [3.8, 4) is 0 Å². The third-order valence-corrected chi connectivity index (χ3v) is 6.94. The van der Waals surface area contributed by atoms with Gasteiger partial charge in [-0.25, -0.2) is 4.79 Å². The first kappa shape index (κ1) is 17.9. The van der Waals surface area contributed by atoms with Gasteiger partial charge in [-0.15, -0.1) is 10.2 Å². The molecule has 2 fully saturated rings. The minimum atomic E-state index is -2.73. The van der Waals surface area contributed by atoms with E-state index >= 15 is 0 Å². The van der Waals surface area contributed by atoms with Gasteiger partial charge in [-0.1, -0.05) is 44.0 Å². The van der Waals surface area contributed by atoms with Crippen molar-refractivity contribution in [1.82, 2.24) is 25.0 Å². The lowest BCUT2D eigenvalue weighted by molar-refractivity contribution is 0.0488. The summed E-state index contributed by atoms with van der Waals surface area (Å²) < 4.78 is 54.9. The summed E-state index contributed by atoms with van der Waals surface area (Å²) in [5.74, 6) is -1.12. The number of carbonyl (C=O) groups is 1. The Kier molecular flexibility index (Phi) is 5.31. The SMILES string of the molecule is [2H]C([2H])([2H])C(c1nnc(C)n1C1CC2CCC(C1)N2CC[C@@H](NC(=O)OC(C)(C)C)c1ccccc1)C([2H])([2H])[2H]. The van der Waals surface area contributed by atoms with Crippen LogP contribution in [-0.2, 0) is 4.74 Å². The van der Waals surface area contributed by atoms with Crippen molar-refractivity contribution in [3.05, 3.63) is 47.5 Å². The molecule has 0 aliphatic carbocycles. The molecule has 0 saturated carbocycles. The zero-order valence-corrected chi connectivity index (χ0v) is 20.6. The van der Waals surface area contributed by atoms with Crippen LogP contribution in [0.5, 0.6) is 0 Å². The van der Waals surface area contributed by atoms with Gasteiger partial charge in [0.1, 0.15) is 17.2 Å². The van der Waals surface area contributed by atoms with E-state index in [2.05, 4.69) is 20.4 Å². The number of nitrogens with zero attached hydrogens (tertiary/aromatic N) is 4. The van der Waals surface area contributed by atoms with Gasteiger partial charge in [-0.05, 0) is 65.4 Å². The average Bonchev–Trinajstić information content (AvgIpc) is 3.28. The van der Waals surface area contributed by atoms with Crippen LogP contribution in [0.4, 0.5) is 4.79 Å². The van der Waals surface area contributed by atoms with Crippen LogP contribution in [-0.4, -0.2) is 50.0 Å². The highest BCUT2D eigenvalue weighted by atomic mass is 16.6. The summed E-state index contributed by atoms with van der Waals surface area (Å²) in [5, 5.41) is 11.3. The van der Waals surface area contributed by atoms with Gasteiger partial charge in [0.25, 0.3) is 0 Å². The maximum Gasteiger partial charge on any atom is 0.408 e. The van der Waals surface area contributed by atoms with Gasteiger partial charge in [-0.3, -0.25) is 4.90 Å². The van der Waals surface area contributed by atoms with Crippen LogP contribution in [0.15, 0.2) is 30.3 Å². The molecule has 1 N–H and O–H groups in total. The normalized spacial score (nSPS) is 27.1. The second kappa shape index (κ2) is 10.1. The number of hydrogen-bond acceptors (Lipinski definition) is 5. The van der Waals surface area contributed by atoms with Crippen LogP contribution in [0.3, 0.4) is 0 Å². The van der Waals surface area contributed by atoms with Crippen LogP contribution in [0.25, 0.3) is 0 Å². The van der Waals surface area contributed by atoms with Crippen molar-refractivity contribution < 1.29 is 17.8 Å². The summed E-state index contributed by atoms with van der Waals surface area (Å²) in [7, 11) is 0. The number of ether oxygens (including phenoxy) is 1. The smallest absolute Gasteiger partial charge is 0.408 e. The minimum Gasteiger partial charge on any atom is -0.444 e. The zero-order valence-electron chi connectivity index (χ0n) is 26.6. The fraction of sp³-hybridized carbons (Fsp3) is 0.667. The van der Waals surface area contributed by atoms with E-state index in [1.54, 1.807) is 11.5 Å². The van der Waals surface area contributed by atoms with E-state index in [1.807, 2.05) is 51.1 Å². The highest BCUT2D eigenvalue weighted by Gasteiger charge is 2.42. The lowest BCUT2D eigenvalue weighted by Gasteiger charge is -2.40. The molecule has 34 heavy (non-hydrogen) atoms. The Bertz CT molecular complexity index is 1130. The lowest BCUT2D eigenvalue weighted by Crippen LogP contribution is -2.45. The number of alkyl carbamates (subject to hydrolysis) is 1. The molecule has 7 nitrogen and oxygen atoms in total. The van der Waals surface area contributed by atoms with Crippen molar-refractivity contribution in [2.75, 3.05) is 6.54 Å². The van der Waals surface area contributed by atoms with Gasteiger partial charge >= 0.3 is 6.09 Å². The standard InChI is InChI=1S/C27H41N5O2/c1-18(2)25-30-29-19(3)32(25)23-16-21-12-13-22(17-23)31(21)15-14-24(20-10-8-7-9-11-20)28-26(33)34-27(4,5)6/h7-11,18,21-24H,12-17H2,1-6H3,(H,28,33)/t21?,22?,23?,24-/m1/s1/i1D3,2D3. The maximum atomic E-state index is 12.6. The monoisotopic (exact) mass is 473 g/mol. The lowest BCUT2D eigenvalue weighted by atomic mass is 9.95. The summed E-state index contributed by atoms with van der Waals surface area (Å²) >= 11 is 0. The van der Waals surface area contributed by atoms with E-state index < -0.39 is 31.3 Å². The number of piperidine rings is 1. The van der Waals surface area contributed by atoms with Crippen LogP contribution >= 0.6 is 0 Å². The highest BCUT2D eigenvalue weighted by Crippen LogP contribution is 2.42. The number of carbonyl (C=O) groups excluding carboxylic acids is 1. The molecular formula is C27H41N5O2. The largest absolute Gasteiger partial charge is 0.444 e. The first-order valence-corrected chi connectivity index (χ1v) is 12.3. The molecule has 2 saturated heterocycles. The van der Waals surface area contributed by atoms with E-state index in [0.29, 0.717) is 12.2 Å². The summed E-state index contributed by atoms with van der Waals surface area (Å²) in [5.41, 5.74) is 0.421. The molecule has 1 amide bonds. The molecule has 2 unspecified atom stereocenters. The molecule has 0 radical (unpaired) electrons. The predicted octanol–water partition coefficient (Wildman–Crippen LogP) is 5.53. The van der Waals surface area contributed by atoms with Gasteiger partial charge in [0.05, 0.1) is 6.04 Å². The summed E-state index contributed by atoms with van der Waals surface area (Å²) in [6.07, 6.45) is 3.79. The molecule has 4 rings (SSSR count). The summed E-state index contributed by atoms with van der Waals surface area (Å²) in [6, 6.07) is 10.1. The molecule has 186 valence electrons. The number of nitrogens with one attached hydrogen (secondary N) is 1. The molecule has 2 bridgehead atoms. The molecule has 1 aromatic heterocycles. The number of aromatic nitrogens is 3. The van der Waals surface area contributed by atoms with Crippen molar-refractivity contribution in [3.63, 3.8) is 0 Å². The van der Waals surface area contributed by atoms with Crippen molar-refractivity contribution in [2.45, 2.75) is 109 Å². The van der Waals surface area contributed by atoms with Crippen LogP contribution in [0.1, 0.15) is 110 Å². The van der Waals surface area contributed by atoms with Gasteiger partial charge < -0.3 is 14.6 Å². The molecule has 3 atom stereocenters. The van der Waals surface area contributed by atoms with Gasteiger partial charge in [0.2, 0.25) is 0 Å². The predicted molar refractivity (Wildman–Crippen MR) is 134 cm³/mol. The summed E-state index contributed by atoms with van der Waals surface area (Å²) in [4.78, 5) is 15.1. The number of rotatable bonds is 7. The fourth-order valence-corrected chi connectivity index (χ4v) is 5.59. The van der Waals surface area contributed by atoms with E-state index in [-0.39, 0.29) is 30.0 Å². The molecule has 3 heterocycles. The number of amides is 1. The molecule has 7 heteroatoms. The summed E-state index contributed by atoms with van der Waals surface area (Å²) in [6.45, 7) is 2.60. The van der Waals surface area contributed by atoms with Crippen LogP contribution < -0.4 is 5.32 Å².